The molecule has 0 rings (SSSR count). The Morgan fingerprint density at radius 3 is 2.79 bits per heavy atom. The Kier molecular flexibility index (Phi) is 6.58. The van der Waals surface area contributed by atoms with Gasteiger partial charge in [-0.1, -0.05) is 0 Å². The minimum Gasteiger partial charge on any atom is -0.366 e. The zero-order valence-electron chi connectivity index (χ0n) is 7.87. The molecule has 80 valence electrons. The first kappa shape index (κ1) is 12.8. The molecule has 0 saturated carbocycles. The van der Waals surface area contributed by atoms with Gasteiger partial charge in [0.1, 0.15) is 13.2 Å². The minimum atomic E-state index is -2.56. The summed E-state index contributed by atoms with van der Waals surface area (Å²) in [7, 11) is 1.49. The van der Waals surface area contributed by atoms with Crippen LogP contribution in [0.4, 0.5) is 8.78 Å². The van der Waals surface area contributed by atoms with Crippen molar-refractivity contribution < 1.29 is 18.3 Å². The Balaban J connectivity index is 3.58. The molecule has 0 N–H and O–H groups in total. The highest BCUT2D eigenvalue weighted by molar-refractivity contribution is 5.77. The minimum absolute atomic E-state index is 0.219. The van der Waals surface area contributed by atoms with E-state index >= 15 is 0 Å². The van der Waals surface area contributed by atoms with E-state index in [0.717, 1.165) is 0 Å². The smallest absolute Gasteiger partial charge is 0.261 e. The van der Waals surface area contributed by atoms with Crippen LogP contribution in [-0.2, 0) is 9.53 Å². The zero-order valence-corrected chi connectivity index (χ0v) is 7.87. The summed E-state index contributed by atoms with van der Waals surface area (Å²) in [6.07, 6.45) is -2.34. The van der Waals surface area contributed by atoms with Gasteiger partial charge in [-0.25, -0.2) is 8.78 Å². The summed E-state index contributed by atoms with van der Waals surface area (Å²) in [4.78, 5) is 12.3. The van der Waals surface area contributed by atoms with E-state index in [1.165, 1.54) is 11.9 Å². The Morgan fingerprint density at radius 2 is 2.29 bits per heavy atom. The van der Waals surface area contributed by atoms with Gasteiger partial charge in [0, 0.05) is 13.6 Å². The number of amides is 1. The molecular weight excluding hydrogens is 194 g/mol. The molecule has 0 atom stereocenters. The maximum absolute atomic E-state index is 11.6. The van der Waals surface area contributed by atoms with Gasteiger partial charge in [0.2, 0.25) is 5.91 Å². The molecule has 0 radical (unpaired) electrons. The predicted octanol–water partition coefficient (Wildman–Crippen LogP) is 0.640. The standard InChI is InChI=1S/C8H12F2N2O2/c1-12(4-2-3-11)8(13)6-14-5-7(9)10/h7H,2,4-6H2,1H3. The first-order valence-corrected chi connectivity index (χ1v) is 4.04. The first-order chi connectivity index (χ1) is 6.57. The van der Waals surface area contributed by atoms with Gasteiger partial charge in [-0.3, -0.25) is 4.79 Å². The van der Waals surface area contributed by atoms with E-state index in [1.807, 2.05) is 6.07 Å². The van der Waals surface area contributed by atoms with Crippen molar-refractivity contribution in [3.05, 3.63) is 0 Å². The summed E-state index contributed by atoms with van der Waals surface area (Å²) < 4.78 is 27.6. The second kappa shape index (κ2) is 7.21. The number of hydrogen-bond acceptors (Lipinski definition) is 3. The van der Waals surface area contributed by atoms with Gasteiger partial charge in [0.25, 0.3) is 6.43 Å². The van der Waals surface area contributed by atoms with E-state index in [1.54, 1.807) is 0 Å². The molecule has 0 aromatic heterocycles. The van der Waals surface area contributed by atoms with Crippen LogP contribution in [0.2, 0.25) is 0 Å². The van der Waals surface area contributed by atoms with Crippen LogP contribution in [0.1, 0.15) is 6.42 Å². The molecule has 0 fully saturated rings. The number of rotatable bonds is 6. The van der Waals surface area contributed by atoms with Gasteiger partial charge < -0.3 is 9.64 Å². The molecule has 0 spiro atoms. The molecule has 0 aliphatic rings. The van der Waals surface area contributed by atoms with Crippen LogP contribution in [-0.4, -0.2) is 44.0 Å². The highest BCUT2D eigenvalue weighted by atomic mass is 19.3. The van der Waals surface area contributed by atoms with E-state index in [2.05, 4.69) is 4.74 Å². The van der Waals surface area contributed by atoms with Crippen LogP contribution in [0.3, 0.4) is 0 Å². The largest absolute Gasteiger partial charge is 0.366 e. The normalized spacial score (nSPS) is 9.93. The van der Waals surface area contributed by atoms with E-state index in [9.17, 15) is 13.6 Å². The Morgan fingerprint density at radius 1 is 1.64 bits per heavy atom. The first-order valence-electron chi connectivity index (χ1n) is 4.04. The molecule has 0 saturated heterocycles. The summed E-state index contributed by atoms with van der Waals surface area (Å²) in [5.74, 6) is -0.402. The molecule has 0 heterocycles. The molecule has 0 aliphatic heterocycles. The average Bonchev–Trinajstić information content (AvgIpc) is 2.13. The van der Waals surface area contributed by atoms with E-state index in [0.29, 0.717) is 0 Å². The number of carbonyl (C=O) groups is 1. The number of ether oxygens (including phenoxy) is 1. The highest BCUT2D eigenvalue weighted by Crippen LogP contribution is 1.94. The van der Waals surface area contributed by atoms with Crippen LogP contribution in [0.15, 0.2) is 0 Å². The van der Waals surface area contributed by atoms with Crippen molar-refractivity contribution in [2.24, 2.45) is 0 Å². The Bertz CT molecular complexity index is 216. The van der Waals surface area contributed by atoms with Crippen molar-refractivity contribution >= 4 is 5.91 Å². The van der Waals surface area contributed by atoms with E-state index in [-0.39, 0.29) is 19.6 Å². The quantitative estimate of drug-likeness (QED) is 0.640. The lowest BCUT2D eigenvalue weighted by molar-refractivity contribution is -0.136. The summed E-state index contributed by atoms with van der Waals surface area (Å²) in [5, 5.41) is 8.23. The topological polar surface area (TPSA) is 53.3 Å². The van der Waals surface area contributed by atoms with Crippen molar-refractivity contribution in [2.45, 2.75) is 12.8 Å². The number of carbonyl (C=O) groups excluding carboxylic acids is 1. The van der Waals surface area contributed by atoms with Gasteiger partial charge >= 0.3 is 0 Å². The summed E-state index contributed by atoms with van der Waals surface area (Å²) in [6, 6.07) is 1.87. The monoisotopic (exact) mass is 206 g/mol. The number of likely N-dealkylation sites (N-methyl/N-ethyl adjacent to an activating group) is 1. The number of nitrogens with zero attached hydrogens (tertiary/aromatic N) is 2. The predicted molar refractivity (Wildman–Crippen MR) is 44.7 cm³/mol. The third-order valence-corrected chi connectivity index (χ3v) is 1.45. The van der Waals surface area contributed by atoms with Crippen molar-refractivity contribution in [1.82, 2.24) is 4.90 Å². The lowest BCUT2D eigenvalue weighted by Crippen LogP contribution is -2.31. The fraction of sp³-hybridized carbons (Fsp3) is 0.750. The van der Waals surface area contributed by atoms with Gasteiger partial charge in [-0.15, -0.1) is 0 Å². The summed E-state index contributed by atoms with van der Waals surface area (Å²) >= 11 is 0. The van der Waals surface area contributed by atoms with E-state index < -0.39 is 18.9 Å². The number of alkyl halides is 2. The Labute approximate surface area is 81.1 Å². The second-order valence-corrected chi connectivity index (χ2v) is 2.63. The fourth-order valence-electron chi connectivity index (χ4n) is 0.688. The van der Waals surface area contributed by atoms with Crippen LogP contribution in [0, 0.1) is 11.3 Å². The summed E-state index contributed by atoms with van der Waals surface area (Å²) in [5.41, 5.74) is 0. The molecule has 0 aromatic rings. The maximum atomic E-state index is 11.6. The van der Waals surface area contributed by atoms with Gasteiger partial charge in [0.15, 0.2) is 0 Å². The number of hydrogen-bond donors (Lipinski definition) is 0. The lowest BCUT2D eigenvalue weighted by Gasteiger charge is -2.15. The van der Waals surface area contributed by atoms with Crippen molar-refractivity contribution in [3.8, 4) is 6.07 Å². The molecule has 0 unspecified atom stereocenters. The van der Waals surface area contributed by atoms with Crippen molar-refractivity contribution in [1.29, 1.82) is 5.26 Å². The average molecular weight is 206 g/mol. The third kappa shape index (κ3) is 6.31. The molecule has 1 amide bonds. The number of halogens is 2. The Hall–Kier alpha value is -1.22. The number of nitriles is 1. The molecule has 0 bridgehead atoms. The van der Waals surface area contributed by atoms with Crippen LogP contribution in [0.25, 0.3) is 0 Å². The van der Waals surface area contributed by atoms with Gasteiger partial charge in [0.05, 0.1) is 12.5 Å². The van der Waals surface area contributed by atoms with Crippen LogP contribution in [0.5, 0.6) is 0 Å². The molecule has 14 heavy (non-hydrogen) atoms. The molecular formula is C8H12F2N2O2. The molecule has 4 nitrogen and oxygen atoms in total. The fourth-order valence-corrected chi connectivity index (χ4v) is 0.688. The highest BCUT2D eigenvalue weighted by Gasteiger charge is 2.09. The zero-order chi connectivity index (χ0) is 11.0. The van der Waals surface area contributed by atoms with Gasteiger partial charge in [-0.2, -0.15) is 5.26 Å². The second-order valence-electron chi connectivity index (χ2n) is 2.63. The third-order valence-electron chi connectivity index (χ3n) is 1.45. The molecule has 6 heteroatoms. The summed E-state index contributed by atoms with van der Waals surface area (Å²) in [6.45, 7) is -0.822. The molecule has 0 aliphatic carbocycles. The van der Waals surface area contributed by atoms with E-state index in [4.69, 9.17) is 5.26 Å². The van der Waals surface area contributed by atoms with Crippen molar-refractivity contribution in [2.75, 3.05) is 26.8 Å². The van der Waals surface area contributed by atoms with Crippen molar-refractivity contribution in [3.63, 3.8) is 0 Å². The lowest BCUT2D eigenvalue weighted by atomic mass is 10.4. The SMILES string of the molecule is CN(CCC#N)C(=O)COCC(F)F. The maximum Gasteiger partial charge on any atom is 0.261 e. The van der Waals surface area contributed by atoms with Crippen LogP contribution >= 0.6 is 0 Å². The van der Waals surface area contributed by atoms with Crippen LogP contribution < -0.4 is 0 Å². The van der Waals surface area contributed by atoms with Gasteiger partial charge in [-0.05, 0) is 0 Å². The molecule has 0 aromatic carbocycles.